The number of nitrogens with one attached hydrogen (secondary N) is 2. The zero-order chi connectivity index (χ0) is 15.5. The van der Waals surface area contributed by atoms with Crippen LogP contribution in [0, 0.1) is 5.92 Å². The van der Waals surface area contributed by atoms with Crippen LogP contribution in [0.5, 0.6) is 0 Å². The largest absolute Gasteiger partial charge is 0.337 e. The second kappa shape index (κ2) is 8.13. The number of rotatable bonds is 4. The van der Waals surface area contributed by atoms with Gasteiger partial charge in [0.1, 0.15) is 0 Å². The van der Waals surface area contributed by atoms with Crippen LogP contribution in [0.4, 0.5) is 0 Å². The molecule has 1 aliphatic rings. The fourth-order valence-corrected chi connectivity index (χ4v) is 3.43. The predicted octanol–water partition coefficient (Wildman–Crippen LogP) is 3.21. The molecule has 0 aliphatic carbocycles. The lowest BCUT2D eigenvalue weighted by molar-refractivity contribution is 0.0683. The maximum absolute atomic E-state index is 12.7. The third-order valence-corrected chi connectivity index (χ3v) is 4.93. The number of benzene rings is 1. The number of hydrogen-bond acceptors (Lipinski definition) is 3. The van der Waals surface area contributed by atoms with Gasteiger partial charge in [0.25, 0.3) is 5.91 Å². The van der Waals surface area contributed by atoms with Crippen LogP contribution < -0.4 is 5.32 Å². The van der Waals surface area contributed by atoms with Gasteiger partial charge in [-0.2, -0.15) is 5.10 Å². The van der Waals surface area contributed by atoms with Crippen molar-refractivity contribution in [2.24, 2.45) is 5.92 Å². The van der Waals surface area contributed by atoms with Crippen LogP contribution >= 0.6 is 28.3 Å². The average Bonchev–Trinajstić information content (AvgIpc) is 2.95. The first-order valence-corrected chi connectivity index (χ1v) is 8.56. The van der Waals surface area contributed by atoms with Gasteiger partial charge in [0.2, 0.25) is 0 Å². The molecule has 1 amide bonds. The number of carbonyl (C=O) groups excluding carboxylic acids is 1. The van der Waals surface area contributed by atoms with E-state index >= 15 is 0 Å². The van der Waals surface area contributed by atoms with E-state index in [9.17, 15) is 4.79 Å². The summed E-state index contributed by atoms with van der Waals surface area (Å²) in [4.78, 5) is 14.7. The summed E-state index contributed by atoms with van der Waals surface area (Å²) in [5, 5.41) is 11.3. The number of likely N-dealkylation sites (tertiary alicyclic amines) is 1. The molecular formula is C16H22BrClN4O. The van der Waals surface area contributed by atoms with Crippen molar-refractivity contribution in [1.29, 1.82) is 0 Å². The number of carbonyl (C=O) groups is 1. The van der Waals surface area contributed by atoms with Gasteiger partial charge < -0.3 is 10.2 Å². The predicted molar refractivity (Wildman–Crippen MR) is 98.2 cm³/mol. The number of halogens is 2. The fraction of sp³-hybridized carbons (Fsp3) is 0.500. The fourth-order valence-electron chi connectivity index (χ4n) is 3.07. The molecule has 0 bridgehead atoms. The van der Waals surface area contributed by atoms with Crippen molar-refractivity contribution in [2.75, 3.05) is 26.7 Å². The molecule has 0 radical (unpaired) electrons. The van der Waals surface area contributed by atoms with E-state index in [0.717, 1.165) is 53.8 Å². The van der Waals surface area contributed by atoms with Gasteiger partial charge in [-0.15, -0.1) is 12.4 Å². The van der Waals surface area contributed by atoms with Crippen LogP contribution in [0.25, 0.3) is 10.9 Å². The number of piperidine rings is 1. The van der Waals surface area contributed by atoms with Crippen LogP contribution in [0.2, 0.25) is 0 Å². The van der Waals surface area contributed by atoms with E-state index in [2.05, 4.69) is 31.4 Å². The molecule has 0 saturated carbocycles. The molecule has 1 saturated heterocycles. The zero-order valence-corrected chi connectivity index (χ0v) is 15.5. The molecule has 7 heteroatoms. The third-order valence-electron chi connectivity index (χ3n) is 4.43. The van der Waals surface area contributed by atoms with Gasteiger partial charge in [-0.05, 0) is 57.0 Å². The first-order valence-electron chi connectivity index (χ1n) is 7.76. The van der Waals surface area contributed by atoms with E-state index in [1.165, 1.54) is 6.42 Å². The lowest BCUT2D eigenvalue weighted by Crippen LogP contribution is -2.39. The van der Waals surface area contributed by atoms with Crippen molar-refractivity contribution in [3.63, 3.8) is 0 Å². The number of nitrogens with zero attached hydrogens (tertiary/aromatic N) is 2. The lowest BCUT2D eigenvalue weighted by Gasteiger charge is -2.31. The summed E-state index contributed by atoms with van der Waals surface area (Å²) in [6.07, 6.45) is 3.36. The summed E-state index contributed by atoms with van der Waals surface area (Å²) >= 11 is 3.46. The molecule has 5 nitrogen and oxygen atoms in total. The molecule has 1 aliphatic heterocycles. The van der Waals surface area contributed by atoms with E-state index in [1.54, 1.807) is 0 Å². The normalized spacial score (nSPS) is 15.7. The Morgan fingerprint density at radius 2 is 2.17 bits per heavy atom. The van der Waals surface area contributed by atoms with E-state index in [4.69, 9.17) is 0 Å². The highest BCUT2D eigenvalue weighted by molar-refractivity contribution is 9.10. The minimum atomic E-state index is 0. The van der Waals surface area contributed by atoms with Gasteiger partial charge >= 0.3 is 0 Å². The van der Waals surface area contributed by atoms with E-state index in [0.29, 0.717) is 5.69 Å². The third kappa shape index (κ3) is 4.05. The second-order valence-corrected chi connectivity index (χ2v) is 6.81. The summed E-state index contributed by atoms with van der Waals surface area (Å²) < 4.78 is 0.959. The molecule has 0 atom stereocenters. The molecule has 2 heterocycles. The Bertz CT molecular complexity index is 667. The van der Waals surface area contributed by atoms with Gasteiger partial charge in [0.05, 0.1) is 5.52 Å². The molecule has 3 rings (SSSR count). The number of hydrogen-bond donors (Lipinski definition) is 2. The molecule has 0 unspecified atom stereocenters. The quantitative estimate of drug-likeness (QED) is 0.827. The van der Waals surface area contributed by atoms with Crippen LogP contribution in [0.15, 0.2) is 22.7 Å². The molecule has 2 aromatic rings. The highest BCUT2D eigenvalue weighted by Crippen LogP contribution is 2.25. The van der Waals surface area contributed by atoms with Gasteiger partial charge in [0, 0.05) is 22.9 Å². The summed E-state index contributed by atoms with van der Waals surface area (Å²) in [6, 6.07) is 5.83. The first kappa shape index (κ1) is 18.2. The van der Waals surface area contributed by atoms with Crippen molar-refractivity contribution in [3.05, 3.63) is 28.4 Å². The van der Waals surface area contributed by atoms with Gasteiger partial charge in [-0.25, -0.2) is 0 Å². The Balaban J connectivity index is 0.00000192. The number of amides is 1. The van der Waals surface area contributed by atoms with Crippen molar-refractivity contribution in [2.45, 2.75) is 19.3 Å². The van der Waals surface area contributed by atoms with E-state index < -0.39 is 0 Å². The minimum Gasteiger partial charge on any atom is -0.337 e. The molecule has 2 N–H and O–H groups in total. The first-order chi connectivity index (χ1) is 10.7. The van der Waals surface area contributed by atoms with Crippen molar-refractivity contribution in [1.82, 2.24) is 20.4 Å². The number of aromatic nitrogens is 2. The minimum absolute atomic E-state index is 0. The Kier molecular flexibility index (Phi) is 6.44. The van der Waals surface area contributed by atoms with Crippen LogP contribution in [-0.4, -0.2) is 47.7 Å². The van der Waals surface area contributed by atoms with E-state index in [-0.39, 0.29) is 18.3 Å². The molecule has 1 fully saturated rings. The number of fused-ring (bicyclic) bond motifs is 1. The Morgan fingerprint density at radius 3 is 2.87 bits per heavy atom. The Hall–Kier alpha value is -1.11. The van der Waals surface area contributed by atoms with Gasteiger partial charge in [-0.3, -0.25) is 9.89 Å². The highest BCUT2D eigenvalue weighted by atomic mass is 79.9. The van der Waals surface area contributed by atoms with Crippen molar-refractivity contribution < 1.29 is 4.79 Å². The Labute approximate surface area is 150 Å². The number of aromatic amines is 1. The van der Waals surface area contributed by atoms with Gasteiger partial charge in [0.15, 0.2) is 5.69 Å². The monoisotopic (exact) mass is 400 g/mol. The second-order valence-electron chi connectivity index (χ2n) is 5.89. The number of H-pyrrole nitrogens is 1. The maximum Gasteiger partial charge on any atom is 0.274 e. The average molecular weight is 402 g/mol. The van der Waals surface area contributed by atoms with Crippen LogP contribution in [0.3, 0.4) is 0 Å². The smallest absolute Gasteiger partial charge is 0.274 e. The van der Waals surface area contributed by atoms with Crippen molar-refractivity contribution >= 4 is 45.1 Å². The summed E-state index contributed by atoms with van der Waals surface area (Å²) in [6.45, 7) is 2.71. The molecule has 0 spiro atoms. The molecule has 126 valence electrons. The molecular weight excluding hydrogens is 380 g/mol. The SMILES string of the molecule is CNCCC1CCN(C(=O)c2n[nH]c3ccc(Br)cc23)CC1.Cl. The van der Waals surface area contributed by atoms with Crippen LogP contribution in [-0.2, 0) is 0 Å². The summed E-state index contributed by atoms with van der Waals surface area (Å²) in [7, 11) is 1.99. The summed E-state index contributed by atoms with van der Waals surface area (Å²) in [5.41, 5.74) is 1.43. The van der Waals surface area contributed by atoms with Crippen molar-refractivity contribution in [3.8, 4) is 0 Å². The van der Waals surface area contributed by atoms with Crippen LogP contribution in [0.1, 0.15) is 29.8 Å². The highest BCUT2D eigenvalue weighted by Gasteiger charge is 2.26. The molecule has 1 aromatic carbocycles. The Morgan fingerprint density at radius 1 is 1.43 bits per heavy atom. The van der Waals surface area contributed by atoms with Gasteiger partial charge in [-0.1, -0.05) is 15.9 Å². The standard InChI is InChI=1S/C16H21BrN4O.ClH/c1-18-7-4-11-5-8-21(9-6-11)16(22)15-13-10-12(17)2-3-14(13)19-20-15;/h2-3,10-11,18H,4-9H2,1H3,(H,19,20);1H. The topological polar surface area (TPSA) is 61.0 Å². The molecule has 1 aromatic heterocycles. The molecule has 23 heavy (non-hydrogen) atoms. The zero-order valence-electron chi connectivity index (χ0n) is 13.1. The van der Waals surface area contributed by atoms with E-state index in [1.807, 2.05) is 30.1 Å². The summed E-state index contributed by atoms with van der Waals surface area (Å²) in [5.74, 6) is 0.762. The lowest BCUT2D eigenvalue weighted by atomic mass is 9.93. The maximum atomic E-state index is 12.7.